The van der Waals surface area contributed by atoms with Crippen molar-refractivity contribution in [3.05, 3.63) is 51.2 Å². The Morgan fingerprint density at radius 3 is 2.63 bits per heavy atom. The van der Waals surface area contributed by atoms with E-state index in [0.717, 1.165) is 12.3 Å². The van der Waals surface area contributed by atoms with E-state index in [0.29, 0.717) is 0 Å². The fourth-order valence-electron chi connectivity index (χ4n) is 2.12. The summed E-state index contributed by atoms with van der Waals surface area (Å²) in [4.78, 5) is 2.79. The Balaban J connectivity index is 2.03. The van der Waals surface area contributed by atoms with Gasteiger partial charge in [-0.25, -0.2) is 0 Å². The van der Waals surface area contributed by atoms with Gasteiger partial charge in [0.25, 0.3) is 0 Å². The van der Waals surface area contributed by atoms with Crippen LogP contribution in [0.1, 0.15) is 33.8 Å². The Labute approximate surface area is 119 Å². The van der Waals surface area contributed by atoms with Crippen LogP contribution in [0.15, 0.2) is 30.3 Å². The molecule has 1 N–H and O–H groups in total. The van der Waals surface area contributed by atoms with Gasteiger partial charge in [-0.1, -0.05) is 18.2 Å². The molecule has 0 aliphatic carbocycles. The molecule has 0 saturated heterocycles. The maximum absolute atomic E-state index is 5.40. The van der Waals surface area contributed by atoms with Crippen molar-refractivity contribution >= 4 is 11.3 Å². The number of aryl methyl sites for hydroxylation is 2. The van der Waals surface area contributed by atoms with Gasteiger partial charge in [0.1, 0.15) is 5.75 Å². The normalized spacial score (nSPS) is 12.4. The Kier molecular flexibility index (Phi) is 4.61. The van der Waals surface area contributed by atoms with Crippen molar-refractivity contribution in [2.45, 2.75) is 33.4 Å². The van der Waals surface area contributed by atoms with Gasteiger partial charge in [-0.3, -0.25) is 0 Å². The minimum absolute atomic E-state index is 0.277. The van der Waals surface area contributed by atoms with Crippen LogP contribution in [0.5, 0.6) is 5.75 Å². The molecule has 1 aromatic carbocycles. The molecule has 1 unspecified atom stereocenters. The second-order valence-electron chi connectivity index (χ2n) is 4.80. The number of para-hydroxylation sites is 1. The van der Waals surface area contributed by atoms with Gasteiger partial charge in [0.05, 0.1) is 7.11 Å². The lowest BCUT2D eigenvalue weighted by molar-refractivity contribution is 0.401. The van der Waals surface area contributed by atoms with Gasteiger partial charge < -0.3 is 10.1 Å². The molecular weight excluding hydrogens is 254 g/mol. The average molecular weight is 275 g/mol. The van der Waals surface area contributed by atoms with Crippen molar-refractivity contribution in [2.75, 3.05) is 7.11 Å². The summed E-state index contributed by atoms with van der Waals surface area (Å²) in [5, 5.41) is 3.56. The van der Waals surface area contributed by atoms with Gasteiger partial charge in [0.2, 0.25) is 0 Å². The van der Waals surface area contributed by atoms with Crippen LogP contribution < -0.4 is 10.1 Å². The first-order valence-corrected chi connectivity index (χ1v) is 7.35. The zero-order valence-electron chi connectivity index (χ0n) is 12.0. The second kappa shape index (κ2) is 6.22. The van der Waals surface area contributed by atoms with Gasteiger partial charge >= 0.3 is 0 Å². The molecule has 0 aliphatic heterocycles. The summed E-state index contributed by atoms with van der Waals surface area (Å²) in [6.07, 6.45) is 0. The first-order chi connectivity index (χ1) is 9.11. The molecule has 2 rings (SSSR count). The SMILES string of the molecule is COc1ccccc1C(C)NCc1cc(C)c(C)s1. The van der Waals surface area contributed by atoms with Gasteiger partial charge in [-0.2, -0.15) is 0 Å². The number of nitrogens with one attached hydrogen (secondary N) is 1. The molecule has 3 heteroatoms. The molecule has 0 spiro atoms. The molecule has 1 aromatic heterocycles. The Hall–Kier alpha value is -1.32. The van der Waals surface area contributed by atoms with E-state index in [4.69, 9.17) is 4.74 Å². The smallest absolute Gasteiger partial charge is 0.123 e. The topological polar surface area (TPSA) is 21.3 Å². The van der Waals surface area contributed by atoms with E-state index >= 15 is 0 Å². The molecule has 0 aliphatic rings. The lowest BCUT2D eigenvalue weighted by Crippen LogP contribution is -2.18. The number of thiophene rings is 1. The van der Waals surface area contributed by atoms with E-state index in [1.54, 1.807) is 7.11 Å². The molecule has 1 atom stereocenters. The molecule has 0 radical (unpaired) electrons. The third kappa shape index (κ3) is 3.37. The molecule has 0 fully saturated rings. The van der Waals surface area contributed by atoms with Crippen LogP contribution >= 0.6 is 11.3 Å². The van der Waals surface area contributed by atoms with E-state index in [2.05, 4.69) is 44.3 Å². The van der Waals surface area contributed by atoms with Crippen LogP contribution in [0.2, 0.25) is 0 Å². The standard InChI is InChI=1S/C16H21NOS/c1-11-9-14(19-13(11)3)10-17-12(2)15-7-5-6-8-16(15)18-4/h5-9,12,17H,10H2,1-4H3. The van der Waals surface area contributed by atoms with Crippen molar-refractivity contribution in [3.63, 3.8) is 0 Å². The highest BCUT2D eigenvalue weighted by Gasteiger charge is 2.10. The zero-order valence-corrected chi connectivity index (χ0v) is 12.8. The molecule has 0 bridgehead atoms. The van der Waals surface area contributed by atoms with Gasteiger partial charge in [0, 0.05) is 27.9 Å². The molecule has 0 saturated carbocycles. The fraction of sp³-hybridized carbons (Fsp3) is 0.375. The van der Waals surface area contributed by atoms with E-state index in [1.165, 1.54) is 20.9 Å². The van der Waals surface area contributed by atoms with Gasteiger partial charge in [0.15, 0.2) is 0 Å². The van der Waals surface area contributed by atoms with Crippen LogP contribution in [0, 0.1) is 13.8 Å². The highest BCUT2D eigenvalue weighted by atomic mass is 32.1. The Morgan fingerprint density at radius 2 is 2.00 bits per heavy atom. The predicted molar refractivity (Wildman–Crippen MR) is 82.0 cm³/mol. The van der Waals surface area contributed by atoms with Crippen LogP contribution in [0.4, 0.5) is 0 Å². The van der Waals surface area contributed by atoms with Crippen LogP contribution in [0.25, 0.3) is 0 Å². The first-order valence-electron chi connectivity index (χ1n) is 6.54. The number of hydrogen-bond donors (Lipinski definition) is 1. The van der Waals surface area contributed by atoms with Gasteiger partial charge in [-0.15, -0.1) is 11.3 Å². The lowest BCUT2D eigenvalue weighted by atomic mass is 10.1. The van der Waals surface area contributed by atoms with Crippen molar-refractivity contribution in [3.8, 4) is 5.75 Å². The molecule has 2 nitrogen and oxygen atoms in total. The third-order valence-corrected chi connectivity index (χ3v) is 4.56. The molecule has 1 heterocycles. The molecule has 19 heavy (non-hydrogen) atoms. The number of methoxy groups -OCH3 is 1. The number of hydrogen-bond acceptors (Lipinski definition) is 3. The summed E-state index contributed by atoms with van der Waals surface area (Å²) in [6, 6.07) is 10.7. The minimum Gasteiger partial charge on any atom is -0.496 e. The van der Waals surface area contributed by atoms with Crippen molar-refractivity contribution in [1.29, 1.82) is 0 Å². The van der Waals surface area contributed by atoms with Gasteiger partial charge in [-0.05, 0) is 38.5 Å². The highest BCUT2D eigenvalue weighted by Crippen LogP contribution is 2.26. The predicted octanol–water partition coefficient (Wildman–Crippen LogP) is 4.22. The van der Waals surface area contributed by atoms with E-state index in [-0.39, 0.29) is 6.04 Å². The summed E-state index contributed by atoms with van der Waals surface area (Å²) in [6.45, 7) is 7.41. The summed E-state index contributed by atoms with van der Waals surface area (Å²) >= 11 is 1.87. The molecule has 0 amide bonds. The first kappa shape index (κ1) is 14.1. The lowest BCUT2D eigenvalue weighted by Gasteiger charge is -2.16. The summed E-state index contributed by atoms with van der Waals surface area (Å²) < 4.78 is 5.40. The van der Waals surface area contributed by atoms with E-state index < -0.39 is 0 Å². The highest BCUT2D eigenvalue weighted by molar-refractivity contribution is 7.12. The summed E-state index contributed by atoms with van der Waals surface area (Å²) in [7, 11) is 1.72. The monoisotopic (exact) mass is 275 g/mol. The third-order valence-electron chi connectivity index (χ3n) is 3.40. The van der Waals surface area contributed by atoms with Crippen molar-refractivity contribution in [2.24, 2.45) is 0 Å². The maximum atomic E-state index is 5.40. The molecule has 2 aromatic rings. The number of ether oxygens (including phenoxy) is 1. The zero-order chi connectivity index (χ0) is 13.8. The average Bonchev–Trinajstić information content (AvgIpc) is 2.75. The van der Waals surface area contributed by atoms with Crippen LogP contribution in [0.3, 0.4) is 0 Å². The maximum Gasteiger partial charge on any atom is 0.123 e. The Morgan fingerprint density at radius 1 is 1.26 bits per heavy atom. The number of rotatable bonds is 5. The summed E-state index contributed by atoms with van der Waals surface area (Å²) in [5.74, 6) is 0.945. The van der Waals surface area contributed by atoms with Crippen molar-refractivity contribution < 1.29 is 4.74 Å². The van der Waals surface area contributed by atoms with E-state index in [9.17, 15) is 0 Å². The van der Waals surface area contributed by atoms with Crippen LogP contribution in [-0.2, 0) is 6.54 Å². The molecular formula is C16H21NOS. The second-order valence-corrected chi connectivity index (χ2v) is 6.14. The fourth-order valence-corrected chi connectivity index (χ4v) is 3.13. The number of benzene rings is 1. The molecule has 102 valence electrons. The van der Waals surface area contributed by atoms with E-state index in [1.807, 2.05) is 23.5 Å². The summed E-state index contributed by atoms with van der Waals surface area (Å²) in [5.41, 5.74) is 2.58. The minimum atomic E-state index is 0.277. The van der Waals surface area contributed by atoms with Crippen LogP contribution in [-0.4, -0.2) is 7.11 Å². The largest absolute Gasteiger partial charge is 0.496 e. The van der Waals surface area contributed by atoms with Crippen molar-refractivity contribution in [1.82, 2.24) is 5.32 Å². The quantitative estimate of drug-likeness (QED) is 0.882. The Bertz CT molecular complexity index is 528.